The third-order valence-electron chi connectivity index (χ3n) is 6.51. The molecule has 0 aliphatic carbocycles. The summed E-state index contributed by atoms with van der Waals surface area (Å²) >= 11 is 0. The number of hydrogen-bond donors (Lipinski definition) is 1. The van der Waals surface area contributed by atoms with Crippen molar-refractivity contribution in [2.75, 3.05) is 26.2 Å². The van der Waals surface area contributed by atoms with Crippen molar-refractivity contribution in [2.24, 2.45) is 11.8 Å². The van der Waals surface area contributed by atoms with Gasteiger partial charge in [-0.05, 0) is 43.1 Å². The molecule has 3 heterocycles. The number of rotatable bonds is 4. The zero-order valence-corrected chi connectivity index (χ0v) is 15.0. The van der Waals surface area contributed by atoms with Crippen LogP contribution in [0.25, 0.3) is 0 Å². The van der Waals surface area contributed by atoms with Crippen molar-refractivity contribution in [2.45, 2.75) is 50.6 Å². The highest BCUT2D eigenvalue weighted by Crippen LogP contribution is 2.40. The predicted molar refractivity (Wildman–Crippen MR) is 98.2 cm³/mol. The van der Waals surface area contributed by atoms with Crippen LogP contribution in [0.4, 0.5) is 0 Å². The van der Waals surface area contributed by atoms with Crippen LogP contribution in [0.1, 0.15) is 37.7 Å². The summed E-state index contributed by atoms with van der Waals surface area (Å²) in [6.45, 7) is 2.89. The maximum absolute atomic E-state index is 12.2. The summed E-state index contributed by atoms with van der Waals surface area (Å²) < 4.78 is 0. The minimum atomic E-state index is -0.0284. The van der Waals surface area contributed by atoms with Gasteiger partial charge in [0, 0.05) is 38.1 Å². The van der Waals surface area contributed by atoms with E-state index in [0.717, 1.165) is 26.1 Å². The van der Waals surface area contributed by atoms with Gasteiger partial charge in [0.2, 0.25) is 5.91 Å². The van der Waals surface area contributed by atoms with E-state index in [0.29, 0.717) is 23.9 Å². The summed E-state index contributed by atoms with van der Waals surface area (Å²) in [5.74, 6) is 1.37. The van der Waals surface area contributed by atoms with Gasteiger partial charge in [0.15, 0.2) is 0 Å². The Morgan fingerprint density at radius 1 is 1.12 bits per heavy atom. The molecular formula is C21H30N2O2. The molecular weight excluding hydrogens is 312 g/mol. The molecule has 3 fully saturated rings. The lowest BCUT2D eigenvalue weighted by Gasteiger charge is -2.55. The Balaban J connectivity index is 1.46. The number of benzene rings is 1. The minimum Gasteiger partial charge on any atom is -0.396 e. The highest BCUT2D eigenvalue weighted by molar-refractivity contribution is 5.76. The molecule has 1 N–H and O–H groups in total. The van der Waals surface area contributed by atoms with E-state index in [1.165, 1.54) is 31.2 Å². The van der Waals surface area contributed by atoms with Crippen LogP contribution >= 0.6 is 0 Å². The molecule has 4 atom stereocenters. The van der Waals surface area contributed by atoms with Crippen molar-refractivity contribution in [1.29, 1.82) is 0 Å². The summed E-state index contributed by atoms with van der Waals surface area (Å²) in [7, 11) is 0. The van der Waals surface area contributed by atoms with Crippen LogP contribution in [0.5, 0.6) is 0 Å². The first-order chi connectivity index (χ1) is 12.2. The maximum Gasteiger partial charge on any atom is 0.224 e. The average molecular weight is 342 g/mol. The van der Waals surface area contributed by atoms with E-state index in [4.69, 9.17) is 5.11 Å². The van der Waals surface area contributed by atoms with Gasteiger partial charge in [-0.15, -0.1) is 0 Å². The molecule has 25 heavy (non-hydrogen) atoms. The normalized spacial score (nSPS) is 32.3. The van der Waals surface area contributed by atoms with E-state index in [-0.39, 0.29) is 18.9 Å². The molecule has 4 nitrogen and oxygen atoms in total. The molecule has 0 saturated carbocycles. The quantitative estimate of drug-likeness (QED) is 0.913. The molecule has 4 heteroatoms. The van der Waals surface area contributed by atoms with Crippen LogP contribution in [0, 0.1) is 11.8 Å². The largest absolute Gasteiger partial charge is 0.396 e. The molecule has 0 spiro atoms. The van der Waals surface area contributed by atoms with Crippen LogP contribution in [-0.4, -0.2) is 59.1 Å². The fourth-order valence-electron chi connectivity index (χ4n) is 5.47. The summed E-state index contributed by atoms with van der Waals surface area (Å²) in [5.41, 5.74) is 1.45. The number of fused-ring (bicyclic) bond motifs is 4. The van der Waals surface area contributed by atoms with Gasteiger partial charge in [-0.2, -0.15) is 0 Å². The van der Waals surface area contributed by atoms with E-state index in [9.17, 15) is 4.79 Å². The number of amides is 1. The van der Waals surface area contributed by atoms with E-state index in [1.54, 1.807) is 0 Å². The third kappa shape index (κ3) is 3.61. The zero-order chi connectivity index (χ0) is 17.2. The maximum atomic E-state index is 12.2. The summed E-state index contributed by atoms with van der Waals surface area (Å²) in [4.78, 5) is 17.1. The molecule has 4 rings (SSSR count). The second kappa shape index (κ2) is 7.46. The van der Waals surface area contributed by atoms with Crippen LogP contribution < -0.4 is 0 Å². The highest BCUT2D eigenvalue weighted by Gasteiger charge is 2.45. The average Bonchev–Trinajstić information content (AvgIpc) is 2.63. The Kier molecular flexibility index (Phi) is 5.09. The van der Waals surface area contributed by atoms with Crippen LogP contribution in [-0.2, 0) is 11.2 Å². The molecule has 1 amide bonds. The number of aliphatic hydroxyl groups is 1. The zero-order valence-electron chi connectivity index (χ0n) is 15.0. The van der Waals surface area contributed by atoms with Gasteiger partial charge in [0.05, 0.1) is 6.61 Å². The lowest BCUT2D eigenvalue weighted by atomic mass is 9.74. The smallest absolute Gasteiger partial charge is 0.224 e. The molecule has 0 radical (unpaired) electrons. The Hall–Kier alpha value is -1.39. The number of nitrogens with zero attached hydrogens (tertiary/aromatic N) is 2. The first-order valence-electron chi connectivity index (χ1n) is 9.93. The second-order valence-electron chi connectivity index (χ2n) is 8.17. The van der Waals surface area contributed by atoms with Crippen molar-refractivity contribution in [3.63, 3.8) is 0 Å². The van der Waals surface area contributed by atoms with E-state index >= 15 is 0 Å². The topological polar surface area (TPSA) is 43.8 Å². The van der Waals surface area contributed by atoms with E-state index < -0.39 is 0 Å². The van der Waals surface area contributed by atoms with E-state index in [2.05, 4.69) is 35.2 Å². The van der Waals surface area contributed by atoms with Gasteiger partial charge in [0.1, 0.15) is 0 Å². The SMILES string of the molecule is O=C(CCO)N1C[C@@H]2C[C@H](C1)[C@@H]1CCC[C@H](Cc3ccccc3)N1C2. The van der Waals surface area contributed by atoms with Crippen molar-refractivity contribution >= 4 is 5.91 Å². The second-order valence-corrected chi connectivity index (χ2v) is 8.17. The Bertz CT molecular complexity index is 591. The monoisotopic (exact) mass is 342 g/mol. The molecule has 3 saturated heterocycles. The first kappa shape index (κ1) is 17.0. The van der Waals surface area contributed by atoms with Gasteiger partial charge in [-0.25, -0.2) is 0 Å². The molecule has 136 valence electrons. The highest BCUT2D eigenvalue weighted by atomic mass is 16.3. The Labute approximate surface area is 150 Å². The van der Waals surface area contributed by atoms with Crippen molar-refractivity contribution in [3.8, 4) is 0 Å². The number of hydrogen-bond acceptors (Lipinski definition) is 3. The number of likely N-dealkylation sites (tertiary alicyclic amines) is 1. The van der Waals surface area contributed by atoms with Crippen LogP contribution in [0.15, 0.2) is 30.3 Å². The van der Waals surface area contributed by atoms with Gasteiger partial charge in [-0.1, -0.05) is 36.8 Å². The summed E-state index contributed by atoms with van der Waals surface area (Å²) in [5, 5.41) is 9.08. The van der Waals surface area contributed by atoms with Gasteiger partial charge in [-0.3, -0.25) is 9.69 Å². The molecule has 0 aromatic heterocycles. The molecule has 1 aromatic carbocycles. The fraction of sp³-hybridized carbons (Fsp3) is 0.667. The molecule has 1 aromatic rings. The summed E-state index contributed by atoms with van der Waals surface area (Å²) in [6.07, 6.45) is 6.61. The minimum absolute atomic E-state index is 0.0284. The number of piperidine rings is 3. The Morgan fingerprint density at radius 2 is 1.96 bits per heavy atom. The van der Waals surface area contributed by atoms with Crippen molar-refractivity contribution < 1.29 is 9.90 Å². The third-order valence-corrected chi connectivity index (χ3v) is 6.51. The lowest BCUT2D eigenvalue weighted by molar-refractivity contribution is -0.139. The van der Waals surface area contributed by atoms with Gasteiger partial charge >= 0.3 is 0 Å². The summed E-state index contributed by atoms with van der Waals surface area (Å²) in [6, 6.07) is 12.2. The first-order valence-corrected chi connectivity index (χ1v) is 9.93. The van der Waals surface area contributed by atoms with Crippen molar-refractivity contribution in [3.05, 3.63) is 35.9 Å². The van der Waals surface area contributed by atoms with Crippen LogP contribution in [0.2, 0.25) is 0 Å². The number of carbonyl (C=O) groups is 1. The lowest BCUT2D eigenvalue weighted by Crippen LogP contribution is -2.62. The number of aliphatic hydroxyl groups excluding tert-OH is 1. The van der Waals surface area contributed by atoms with Gasteiger partial charge in [0.25, 0.3) is 0 Å². The van der Waals surface area contributed by atoms with Gasteiger partial charge < -0.3 is 10.0 Å². The molecule has 0 unspecified atom stereocenters. The van der Waals surface area contributed by atoms with Crippen molar-refractivity contribution in [1.82, 2.24) is 9.80 Å². The molecule has 3 aliphatic heterocycles. The Morgan fingerprint density at radius 3 is 2.76 bits per heavy atom. The standard InChI is InChI=1S/C21H30N2O2/c24-10-9-21(25)22-13-17-11-18(15-22)20-8-4-7-19(23(20)14-17)12-16-5-2-1-3-6-16/h1-3,5-6,17-20,24H,4,7-15H2/t17-,18+,19+,20-/m0/s1. The van der Waals surface area contributed by atoms with Crippen LogP contribution in [0.3, 0.4) is 0 Å². The predicted octanol–water partition coefficient (Wildman–Crippen LogP) is 2.31. The van der Waals surface area contributed by atoms with E-state index in [1.807, 2.05) is 4.90 Å². The number of carbonyl (C=O) groups excluding carboxylic acids is 1. The fourth-order valence-corrected chi connectivity index (χ4v) is 5.47. The molecule has 2 bridgehead atoms. The molecule has 3 aliphatic rings.